The molecule has 30 heavy (non-hydrogen) atoms. The summed E-state index contributed by atoms with van der Waals surface area (Å²) in [5.74, 6) is -1.44. The van der Waals surface area contributed by atoms with Crippen LogP contribution in [0.1, 0.15) is 58.6 Å². The van der Waals surface area contributed by atoms with Crippen LogP contribution >= 0.6 is 0 Å². The smallest absolute Gasteiger partial charge is 0.407 e. The Morgan fingerprint density at radius 1 is 1.23 bits per heavy atom. The Morgan fingerprint density at radius 2 is 1.93 bits per heavy atom. The molecule has 0 radical (unpaired) electrons. The largest absolute Gasteiger partial charge is 0.444 e. The highest BCUT2D eigenvalue weighted by Crippen LogP contribution is 2.31. The summed E-state index contributed by atoms with van der Waals surface area (Å²) in [6.07, 6.45) is 1.72. The fourth-order valence-corrected chi connectivity index (χ4v) is 3.76. The van der Waals surface area contributed by atoms with Gasteiger partial charge >= 0.3 is 6.09 Å². The number of alkyl carbamates (subject to hydrolysis) is 1. The highest BCUT2D eigenvalue weighted by Gasteiger charge is 2.30. The Bertz CT molecular complexity index is 737. The Morgan fingerprint density at radius 3 is 2.57 bits per heavy atom. The maximum atomic E-state index is 14.3. The first-order valence-corrected chi connectivity index (χ1v) is 10.5. The van der Waals surface area contributed by atoms with E-state index in [0.29, 0.717) is 25.1 Å². The standard InChI is InChI=1S/C22H33F2N3O3/c1-5-19(17-9-8-16(23)13-18(17)24)27-12-6-7-15(14-27)20(28)25-10-11-26-21(29)30-22(2,3)4/h8-9,13,15,19H,5-7,10-12,14H2,1-4H3,(H,25,28)(H,26,29). The number of halogens is 2. The number of carbonyl (C=O) groups is 2. The van der Waals surface area contributed by atoms with E-state index >= 15 is 0 Å². The molecule has 1 aromatic carbocycles. The zero-order valence-electron chi connectivity index (χ0n) is 18.3. The average molecular weight is 426 g/mol. The summed E-state index contributed by atoms with van der Waals surface area (Å²) in [6, 6.07) is 3.47. The molecule has 0 bridgehead atoms. The molecule has 1 aliphatic heterocycles. The Balaban J connectivity index is 1.86. The van der Waals surface area contributed by atoms with Gasteiger partial charge in [-0.25, -0.2) is 13.6 Å². The van der Waals surface area contributed by atoms with E-state index in [2.05, 4.69) is 15.5 Å². The van der Waals surface area contributed by atoms with Crippen LogP contribution in [0.4, 0.5) is 13.6 Å². The van der Waals surface area contributed by atoms with Crippen molar-refractivity contribution < 1.29 is 23.1 Å². The SMILES string of the molecule is CCC(c1ccc(F)cc1F)N1CCCC(C(=O)NCCNC(=O)OC(C)(C)C)C1. The van der Waals surface area contributed by atoms with Crippen LogP contribution in [0.25, 0.3) is 0 Å². The topological polar surface area (TPSA) is 70.7 Å². The van der Waals surface area contributed by atoms with Crippen LogP contribution in [0, 0.1) is 17.6 Å². The first kappa shape index (κ1) is 24.1. The molecule has 6 nitrogen and oxygen atoms in total. The number of likely N-dealkylation sites (tertiary alicyclic amines) is 1. The number of nitrogens with zero attached hydrogens (tertiary/aromatic N) is 1. The van der Waals surface area contributed by atoms with Gasteiger partial charge in [-0.05, 0) is 52.6 Å². The van der Waals surface area contributed by atoms with Crippen molar-refractivity contribution in [3.8, 4) is 0 Å². The molecule has 1 aliphatic rings. The van der Waals surface area contributed by atoms with E-state index in [9.17, 15) is 18.4 Å². The predicted octanol–water partition coefficient (Wildman–Crippen LogP) is 3.77. The second-order valence-electron chi connectivity index (χ2n) is 8.64. The molecule has 2 N–H and O–H groups in total. The van der Waals surface area contributed by atoms with Gasteiger partial charge in [-0.2, -0.15) is 0 Å². The van der Waals surface area contributed by atoms with Crippen LogP contribution in [0.5, 0.6) is 0 Å². The molecular weight excluding hydrogens is 392 g/mol. The first-order chi connectivity index (χ1) is 14.1. The number of nitrogens with one attached hydrogen (secondary N) is 2. The number of ether oxygens (including phenoxy) is 1. The number of hydrogen-bond acceptors (Lipinski definition) is 4. The first-order valence-electron chi connectivity index (χ1n) is 10.5. The maximum Gasteiger partial charge on any atom is 0.407 e. The summed E-state index contributed by atoms with van der Waals surface area (Å²) < 4.78 is 32.7. The Hall–Kier alpha value is -2.22. The Kier molecular flexibility index (Phi) is 8.58. The van der Waals surface area contributed by atoms with Gasteiger partial charge in [0, 0.05) is 37.3 Å². The molecule has 0 aromatic heterocycles. The number of hydrogen-bond donors (Lipinski definition) is 2. The molecule has 2 atom stereocenters. The summed E-state index contributed by atoms with van der Waals surface area (Å²) in [6.45, 7) is 9.16. The number of rotatable bonds is 7. The molecule has 2 unspecified atom stereocenters. The lowest BCUT2D eigenvalue weighted by molar-refractivity contribution is -0.127. The summed E-state index contributed by atoms with van der Waals surface area (Å²) in [7, 11) is 0. The predicted molar refractivity (Wildman–Crippen MR) is 111 cm³/mol. The van der Waals surface area contributed by atoms with Crippen LogP contribution in [-0.2, 0) is 9.53 Å². The Labute approximate surface area is 177 Å². The van der Waals surface area contributed by atoms with Crippen molar-refractivity contribution in [2.75, 3.05) is 26.2 Å². The van der Waals surface area contributed by atoms with Crippen molar-refractivity contribution in [3.05, 3.63) is 35.4 Å². The second kappa shape index (κ2) is 10.7. The summed E-state index contributed by atoms with van der Waals surface area (Å²) in [4.78, 5) is 26.3. The third-order valence-corrected chi connectivity index (χ3v) is 5.07. The van der Waals surface area contributed by atoms with Crippen LogP contribution < -0.4 is 10.6 Å². The van der Waals surface area contributed by atoms with Gasteiger partial charge in [0.15, 0.2) is 0 Å². The monoisotopic (exact) mass is 425 g/mol. The van der Waals surface area contributed by atoms with E-state index in [1.54, 1.807) is 20.8 Å². The van der Waals surface area contributed by atoms with Crippen molar-refractivity contribution in [1.29, 1.82) is 0 Å². The molecule has 2 rings (SSSR count). The van der Waals surface area contributed by atoms with Crippen LogP contribution in [0.15, 0.2) is 18.2 Å². The van der Waals surface area contributed by atoms with Gasteiger partial charge in [0.2, 0.25) is 5.91 Å². The van der Waals surface area contributed by atoms with Crippen molar-refractivity contribution in [2.24, 2.45) is 5.92 Å². The van der Waals surface area contributed by atoms with Crippen LogP contribution in [-0.4, -0.2) is 48.7 Å². The van der Waals surface area contributed by atoms with E-state index in [1.807, 2.05) is 6.92 Å². The normalized spacial score (nSPS) is 18.5. The highest BCUT2D eigenvalue weighted by molar-refractivity contribution is 5.79. The fraction of sp³-hybridized carbons (Fsp3) is 0.636. The van der Waals surface area contributed by atoms with E-state index in [1.165, 1.54) is 12.1 Å². The quantitative estimate of drug-likeness (QED) is 0.653. The molecule has 1 fully saturated rings. The molecule has 2 amide bonds. The van der Waals surface area contributed by atoms with Crippen molar-refractivity contribution in [1.82, 2.24) is 15.5 Å². The number of carbonyl (C=O) groups excluding carboxylic acids is 2. The number of piperidine rings is 1. The summed E-state index contributed by atoms with van der Waals surface area (Å²) in [5.41, 5.74) is -0.111. The zero-order valence-corrected chi connectivity index (χ0v) is 18.3. The van der Waals surface area contributed by atoms with E-state index < -0.39 is 23.3 Å². The molecule has 1 heterocycles. The molecule has 0 spiro atoms. The van der Waals surface area contributed by atoms with Gasteiger partial charge in [0.1, 0.15) is 17.2 Å². The van der Waals surface area contributed by atoms with Crippen molar-refractivity contribution in [3.63, 3.8) is 0 Å². The number of amides is 2. The lowest BCUT2D eigenvalue weighted by atomic mass is 9.93. The highest BCUT2D eigenvalue weighted by atomic mass is 19.1. The van der Waals surface area contributed by atoms with Crippen molar-refractivity contribution in [2.45, 2.75) is 58.6 Å². The third kappa shape index (κ3) is 7.23. The van der Waals surface area contributed by atoms with Gasteiger partial charge in [-0.3, -0.25) is 9.69 Å². The van der Waals surface area contributed by atoms with E-state index in [0.717, 1.165) is 25.5 Å². The minimum atomic E-state index is -0.595. The molecular formula is C22H33F2N3O3. The van der Waals surface area contributed by atoms with Gasteiger partial charge in [0.05, 0.1) is 5.92 Å². The third-order valence-electron chi connectivity index (χ3n) is 5.07. The molecule has 168 valence electrons. The number of benzene rings is 1. The molecule has 0 saturated carbocycles. The lowest BCUT2D eigenvalue weighted by Crippen LogP contribution is -2.46. The molecule has 1 saturated heterocycles. The van der Waals surface area contributed by atoms with Crippen LogP contribution in [0.2, 0.25) is 0 Å². The van der Waals surface area contributed by atoms with Gasteiger partial charge in [0.25, 0.3) is 0 Å². The summed E-state index contributed by atoms with van der Waals surface area (Å²) in [5, 5.41) is 5.45. The average Bonchev–Trinajstić information content (AvgIpc) is 2.66. The van der Waals surface area contributed by atoms with Crippen LogP contribution in [0.3, 0.4) is 0 Å². The van der Waals surface area contributed by atoms with E-state index in [-0.39, 0.29) is 24.4 Å². The van der Waals surface area contributed by atoms with Gasteiger partial charge in [-0.15, -0.1) is 0 Å². The zero-order chi connectivity index (χ0) is 22.3. The second-order valence-corrected chi connectivity index (χ2v) is 8.64. The van der Waals surface area contributed by atoms with Crippen molar-refractivity contribution >= 4 is 12.0 Å². The fourth-order valence-electron chi connectivity index (χ4n) is 3.76. The molecule has 8 heteroatoms. The summed E-state index contributed by atoms with van der Waals surface area (Å²) >= 11 is 0. The molecule has 0 aliphatic carbocycles. The minimum absolute atomic E-state index is 0.0832. The maximum absolute atomic E-state index is 14.3. The lowest BCUT2D eigenvalue weighted by Gasteiger charge is -2.37. The minimum Gasteiger partial charge on any atom is -0.444 e. The van der Waals surface area contributed by atoms with E-state index in [4.69, 9.17) is 4.74 Å². The van der Waals surface area contributed by atoms with Gasteiger partial charge in [-0.1, -0.05) is 13.0 Å². The van der Waals surface area contributed by atoms with Gasteiger partial charge < -0.3 is 15.4 Å². The molecule has 1 aromatic rings.